The molecule has 0 saturated heterocycles. The highest BCUT2D eigenvalue weighted by Gasteiger charge is 2.04. The van der Waals surface area contributed by atoms with E-state index in [1.54, 1.807) is 13.8 Å². The van der Waals surface area contributed by atoms with Crippen molar-refractivity contribution in [1.29, 1.82) is 0 Å². The largest absolute Gasteiger partial charge is 0.494 e. The summed E-state index contributed by atoms with van der Waals surface area (Å²) in [6.07, 6.45) is 1.96. The van der Waals surface area contributed by atoms with Crippen molar-refractivity contribution >= 4 is 11.9 Å². The molecule has 5 nitrogen and oxygen atoms in total. The molecule has 0 N–H and O–H groups in total. The van der Waals surface area contributed by atoms with E-state index in [0.717, 1.165) is 11.3 Å². The Bertz CT molecular complexity index is 470. The number of rotatable bonds is 10. The molecule has 22 heavy (non-hydrogen) atoms. The van der Waals surface area contributed by atoms with Gasteiger partial charge in [0, 0.05) is 12.8 Å². The SMILES string of the molecule is CCOC(=O)CCCOc1cccc(CCC(=O)OCC)c1. The number of aryl methyl sites for hydroxylation is 1. The van der Waals surface area contributed by atoms with Crippen LogP contribution in [0.5, 0.6) is 5.75 Å². The van der Waals surface area contributed by atoms with Crippen molar-refractivity contribution in [2.45, 2.75) is 39.5 Å². The lowest BCUT2D eigenvalue weighted by Crippen LogP contribution is -2.07. The molecule has 1 aromatic rings. The second kappa shape index (κ2) is 10.7. The minimum Gasteiger partial charge on any atom is -0.494 e. The quantitative estimate of drug-likeness (QED) is 0.491. The van der Waals surface area contributed by atoms with E-state index < -0.39 is 0 Å². The van der Waals surface area contributed by atoms with Crippen LogP contribution in [-0.2, 0) is 25.5 Å². The van der Waals surface area contributed by atoms with E-state index in [1.165, 1.54) is 0 Å². The van der Waals surface area contributed by atoms with Gasteiger partial charge in [0.25, 0.3) is 0 Å². The predicted octanol–water partition coefficient (Wildman–Crippen LogP) is 2.90. The van der Waals surface area contributed by atoms with Crippen molar-refractivity contribution in [2.24, 2.45) is 0 Å². The summed E-state index contributed by atoms with van der Waals surface area (Å²) >= 11 is 0. The van der Waals surface area contributed by atoms with Gasteiger partial charge in [0.1, 0.15) is 5.75 Å². The summed E-state index contributed by atoms with van der Waals surface area (Å²) in [6.45, 7) is 4.85. The Hall–Kier alpha value is -2.04. The van der Waals surface area contributed by atoms with Gasteiger partial charge in [0.05, 0.1) is 19.8 Å². The van der Waals surface area contributed by atoms with Gasteiger partial charge in [-0.25, -0.2) is 0 Å². The summed E-state index contributed by atoms with van der Waals surface area (Å²) in [5.74, 6) is 0.350. The zero-order valence-electron chi connectivity index (χ0n) is 13.3. The fourth-order valence-electron chi connectivity index (χ4n) is 1.91. The molecule has 1 aromatic carbocycles. The maximum absolute atomic E-state index is 11.3. The Kier molecular flexibility index (Phi) is 8.72. The number of carbonyl (C=O) groups excluding carboxylic acids is 2. The highest BCUT2D eigenvalue weighted by Crippen LogP contribution is 2.15. The fourth-order valence-corrected chi connectivity index (χ4v) is 1.91. The summed E-state index contributed by atoms with van der Waals surface area (Å²) in [5.41, 5.74) is 1.02. The van der Waals surface area contributed by atoms with Crippen molar-refractivity contribution in [3.63, 3.8) is 0 Å². The van der Waals surface area contributed by atoms with E-state index in [0.29, 0.717) is 45.5 Å². The first-order valence-electron chi connectivity index (χ1n) is 7.68. The number of esters is 2. The molecule has 122 valence electrons. The van der Waals surface area contributed by atoms with Crippen molar-refractivity contribution in [2.75, 3.05) is 19.8 Å². The zero-order chi connectivity index (χ0) is 16.2. The number of benzene rings is 1. The molecule has 0 aliphatic heterocycles. The first kappa shape index (κ1) is 18.0. The number of hydrogen-bond donors (Lipinski definition) is 0. The van der Waals surface area contributed by atoms with Gasteiger partial charge in [-0.05, 0) is 44.4 Å². The van der Waals surface area contributed by atoms with E-state index >= 15 is 0 Å². The molecule has 0 radical (unpaired) electrons. The Morgan fingerprint density at radius 3 is 2.36 bits per heavy atom. The van der Waals surface area contributed by atoms with Gasteiger partial charge in [0.15, 0.2) is 0 Å². The molecule has 0 aliphatic carbocycles. The Balaban J connectivity index is 2.31. The van der Waals surface area contributed by atoms with Crippen molar-refractivity contribution in [3.05, 3.63) is 29.8 Å². The van der Waals surface area contributed by atoms with Crippen molar-refractivity contribution in [3.8, 4) is 5.75 Å². The molecule has 0 amide bonds. The normalized spacial score (nSPS) is 10.1. The Labute approximate surface area is 131 Å². The molecule has 0 spiro atoms. The van der Waals surface area contributed by atoms with E-state index in [9.17, 15) is 9.59 Å². The number of ether oxygens (including phenoxy) is 3. The van der Waals surface area contributed by atoms with Crippen LogP contribution in [0, 0.1) is 0 Å². The van der Waals surface area contributed by atoms with Crippen LogP contribution in [0.4, 0.5) is 0 Å². The van der Waals surface area contributed by atoms with Gasteiger partial charge in [-0.15, -0.1) is 0 Å². The zero-order valence-corrected chi connectivity index (χ0v) is 13.3. The second-order valence-electron chi connectivity index (χ2n) is 4.71. The van der Waals surface area contributed by atoms with E-state index in [1.807, 2.05) is 24.3 Å². The van der Waals surface area contributed by atoms with Crippen LogP contribution in [0.1, 0.15) is 38.7 Å². The third kappa shape index (κ3) is 7.67. The summed E-state index contributed by atoms with van der Waals surface area (Å²) in [4.78, 5) is 22.5. The van der Waals surface area contributed by atoms with Crippen LogP contribution >= 0.6 is 0 Å². The monoisotopic (exact) mass is 308 g/mol. The fraction of sp³-hybridized carbons (Fsp3) is 0.529. The molecule has 0 fully saturated rings. The maximum Gasteiger partial charge on any atom is 0.306 e. The average Bonchev–Trinajstić information content (AvgIpc) is 2.51. The standard InChI is InChI=1S/C17H24O5/c1-3-20-16(18)9-6-12-22-15-8-5-7-14(13-15)10-11-17(19)21-4-2/h5,7-8,13H,3-4,6,9-12H2,1-2H3. The Morgan fingerprint density at radius 2 is 1.68 bits per heavy atom. The van der Waals surface area contributed by atoms with E-state index in [-0.39, 0.29) is 11.9 Å². The average molecular weight is 308 g/mol. The van der Waals surface area contributed by atoms with Crippen LogP contribution in [0.2, 0.25) is 0 Å². The molecular weight excluding hydrogens is 284 g/mol. The van der Waals surface area contributed by atoms with Crippen LogP contribution in [0.3, 0.4) is 0 Å². The molecule has 0 unspecified atom stereocenters. The molecule has 0 bridgehead atoms. The first-order valence-corrected chi connectivity index (χ1v) is 7.68. The van der Waals surface area contributed by atoms with E-state index in [4.69, 9.17) is 14.2 Å². The molecule has 1 rings (SSSR count). The van der Waals surface area contributed by atoms with Gasteiger partial charge < -0.3 is 14.2 Å². The second-order valence-corrected chi connectivity index (χ2v) is 4.71. The molecule has 0 heterocycles. The van der Waals surface area contributed by atoms with Crippen LogP contribution in [-0.4, -0.2) is 31.8 Å². The molecule has 0 aliphatic rings. The lowest BCUT2D eigenvalue weighted by molar-refractivity contribution is -0.144. The highest BCUT2D eigenvalue weighted by molar-refractivity contribution is 5.69. The summed E-state index contributed by atoms with van der Waals surface area (Å²) in [6, 6.07) is 7.60. The first-order chi connectivity index (χ1) is 10.7. The van der Waals surface area contributed by atoms with Gasteiger partial charge in [-0.2, -0.15) is 0 Å². The summed E-state index contributed by atoms with van der Waals surface area (Å²) in [7, 11) is 0. The van der Waals surface area contributed by atoms with Crippen LogP contribution in [0.25, 0.3) is 0 Å². The number of hydrogen-bond acceptors (Lipinski definition) is 5. The summed E-state index contributed by atoms with van der Waals surface area (Å²) < 4.78 is 15.4. The minimum absolute atomic E-state index is 0.191. The van der Waals surface area contributed by atoms with Crippen molar-refractivity contribution in [1.82, 2.24) is 0 Å². The third-order valence-electron chi connectivity index (χ3n) is 2.92. The van der Waals surface area contributed by atoms with Gasteiger partial charge in [-0.3, -0.25) is 9.59 Å². The van der Waals surface area contributed by atoms with Crippen molar-refractivity contribution < 1.29 is 23.8 Å². The Morgan fingerprint density at radius 1 is 1.00 bits per heavy atom. The highest BCUT2D eigenvalue weighted by atomic mass is 16.5. The van der Waals surface area contributed by atoms with Crippen LogP contribution in [0.15, 0.2) is 24.3 Å². The van der Waals surface area contributed by atoms with Gasteiger partial charge in [0.2, 0.25) is 0 Å². The number of carbonyl (C=O) groups is 2. The minimum atomic E-state index is -0.200. The lowest BCUT2D eigenvalue weighted by Gasteiger charge is -2.08. The predicted molar refractivity (Wildman–Crippen MR) is 82.8 cm³/mol. The summed E-state index contributed by atoms with van der Waals surface area (Å²) in [5, 5.41) is 0. The molecule has 0 aromatic heterocycles. The topological polar surface area (TPSA) is 61.8 Å². The van der Waals surface area contributed by atoms with Crippen LogP contribution < -0.4 is 4.74 Å². The maximum atomic E-state index is 11.3. The molecule has 5 heteroatoms. The van der Waals surface area contributed by atoms with E-state index in [2.05, 4.69) is 0 Å². The third-order valence-corrected chi connectivity index (χ3v) is 2.92. The molecule has 0 atom stereocenters. The van der Waals surface area contributed by atoms with Gasteiger partial charge >= 0.3 is 11.9 Å². The molecular formula is C17H24O5. The lowest BCUT2D eigenvalue weighted by atomic mass is 10.1. The molecule has 0 saturated carbocycles. The van der Waals surface area contributed by atoms with Gasteiger partial charge in [-0.1, -0.05) is 12.1 Å². The smallest absolute Gasteiger partial charge is 0.306 e.